The van der Waals surface area contributed by atoms with Crippen molar-refractivity contribution in [2.75, 3.05) is 5.73 Å². The molecular formula is C12H17NO2S. The molecule has 0 amide bonds. The van der Waals surface area contributed by atoms with Gasteiger partial charge in [-0.1, -0.05) is 19.8 Å². The summed E-state index contributed by atoms with van der Waals surface area (Å²) in [7, 11) is 0. The van der Waals surface area contributed by atoms with Gasteiger partial charge in [-0.3, -0.25) is 0 Å². The van der Waals surface area contributed by atoms with Crippen LogP contribution in [0.25, 0.3) is 0 Å². The molecule has 4 heteroatoms. The first-order valence-corrected chi connectivity index (χ1v) is 6.54. The van der Waals surface area contributed by atoms with Crippen LogP contribution in [0.3, 0.4) is 0 Å². The first-order valence-electron chi connectivity index (χ1n) is 5.72. The second-order valence-electron chi connectivity index (χ2n) is 4.54. The van der Waals surface area contributed by atoms with Crippen molar-refractivity contribution in [2.24, 2.45) is 0 Å². The van der Waals surface area contributed by atoms with Crippen LogP contribution in [0.2, 0.25) is 0 Å². The SMILES string of the molecule is CCC1(c2cc(N)c(C(=O)O)s2)CCCC1. The number of aromatic carboxylic acids is 1. The van der Waals surface area contributed by atoms with Crippen LogP contribution < -0.4 is 5.73 Å². The van der Waals surface area contributed by atoms with E-state index in [-0.39, 0.29) is 5.41 Å². The van der Waals surface area contributed by atoms with Gasteiger partial charge in [0.1, 0.15) is 4.88 Å². The van der Waals surface area contributed by atoms with Gasteiger partial charge in [-0.2, -0.15) is 0 Å². The third-order valence-electron chi connectivity index (χ3n) is 3.72. The first kappa shape index (κ1) is 11.5. The van der Waals surface area contributed by atoms with Gasteiger partial charge in [0.05, 0.1) is 5.69 Å². The van der Waals surface area contributed by atoms with Gasteiger partial charge in [0, 0.05) is 10.3 Å². The Morgan fingerprint density at radius 1 is 1.56 bits per heavy atom. The minimum absolute atomic E-state index is 0.201. The first-order chi connectivity index (χ1) is 7.59. The molecule has 1 saturated carbocycles. The number of carbonyl (C=O) groups is 1. The van der Waals surface area contributed by atoms with E-state index >= 15 is 0 Å². The van der Waals surface area contributed by atoms with E-state index in [1.165, 1.54) is 41.9 Å². The van der Waals surface area contributed by atoms with Gasteiger partial charge in [0.25, 0.3) is 0 Å². The Morgan fingerprint density at radius 3 is 2.62 bits per heavy atom. The zero-order chi connectivity index (χ0) is 11.8. The van der Waals surface area contributed by atoms with E-state index in [1.807, 2.05) is 6.07 Å². The van der Waals surface area contributed by atoms with E-state index in [9.17, 15) is 4.79 Å². The standard InChI is InChI=1S/C12H17NO2S/c1-2-12(5-3-4-6-12)9-7-8(13)10(16-9)11(14)15/h7H,2-6,13H2,1H3,(H,14,15). The zero-order valence-corrected chi connectivity index (χ0v) is 10.3. The van der Waals surface area contributed by atoms with Crippen molar-refractivity contribution in [1.29, 1.82) is 0 Å². The second kappa shape index (κ2) is 4.09. The molecule has 1 heterocycles. The molecule has 1 aliphatic carbocycles. The van der Waals surface area contributed by atoms with Gasteiger partial charge in [0.15, 0.2) is 0 Å². The van der Waals surface area contributed by atoms with Crippen LogP contribution in [0.1, 0.15) is 53.6 Å². The lowest BCUT2D eigenvalue weighted by Crippen LogP contribution is -2.18. The van der Waals surface area contributed by atoms with Crippen LogP contribution in [-0.2, 0) is 5.41 Å². The molecule has 1 aromatic heterocycles. The van der Waals surface area contributed by atoms with Gasteiger partial charge in [-0.25, -0.2) is 4.79 Å². The molecule has 1 fully saturated rings. The molecule has 2 rings (SSSR count). The lowest BCUT2D eigenvalue weighted by atomic mass is 9.82. The highest BCUT2D eigenvalue weighted by Gasteiger charge is 2.36. The average Bonchev–Trinajstić information content (AvgIpc) is 2.84. The summed E-state index contributed by atoms with van der Waals surface area (Å²) in [5.41, 5.74) is 6.38. The minimum atomic E-state index is -0.905. The molecule has 0 aromatic carbocycles. The summed E-state index contributed by atoms with van der Waals surface area (Å²) in [6.45, 7) is 2.18. The Balaban J connectivity index is 2.39. The summed E-state index contributed by atoms with van der Waals surface area (Å²) in [5, 5.41) is 9.01. The number of anilines is 1. The minimum Gasteiger partial charge on any atom is -0.477 e. The predicted octanol–water partition coefficient (Wildman–Crippen LogP) is 3.25. The van der Waals surface area contributed by atoms with Crippen LogP contribution in [0.5, 0.6) is 0 Å². The molecular weight excluding hydrogens is 222 g/mol. The van der Waals surface area contributed by atoms with E-state index in [1.54, 1.807) is 0 Å². The van der Waals surface area contributed by atoms with E-state index in [0.29, 0.717) is 10.6 Å². The lowest BCUT2D eigenvalue weighted by molar-refractivity contribution is 0.0703. The Hall–Kier alpha value is -1.03. The summed E-state index contributed by atoms with van der Waals surface area (Å²) in [4.78, 5) is 12.4. The van der Waals surface area contributed by atoms with Crippen molar-refractivity contribution in [3.05, 3.63) is 15.8 Å². The van der Waals surface area contributed by atoms with Crippen molar-refractivity contribution in [3.63, 3.8) is 0 Å². The molecule has 0 saturated heterocycles. The number of hydrogen-bond acceptors (Lipinski definition) is 3. The number of carboxylic acid groups (broad SMARTS) is 1. The number of hydrogen-bond donors (Lipinski definition) is 2. The van der Waals surface area contributed by atoms with Crippen LogP contribution in [-0.4, -0.2) is 11.1 Å². The summed E-state index contributed by atoms with van der Waals surface area (Å²) in [5.74, 6) is -0.905. The van der Waals surface area contributed by atoms with Crippen LogP contribution >= 0.6 is 11.3 Å². The third-order valence-corrected chi connectivity index (χ3v) is 5.10. The maximum Gasteiger partial charge on any atom is 0.348 e. The Bertz CT molecular complexity index is 405. The highest BCUT2D eigenvalue weighted by molar-refractivity contribution is 7.14. The number of nitrogens with two attached hydrogens (primary N) is 1. The Labute approximate surface area is 99.3 Å². The quantitative estimate of drug-likeness (QED) is 0.851. The number of nitrogen functional groups attached to an aromatic ring is 1. The molecule has 0 bridgehead atoms. The number of thiophene rings is 1. The Kier molecular flexibility index (Phi) is 2.93. The van der Waals surface area contributed by atoms with Crippen molar-refractivity contribution in [1.82, 2.24) is 0 Å². The maximum absolute atomic E-state index is 11.0. The summed E-state index contributed by atoms with van der Waals surface area (Å²) >= 11 is 1.36. The summed E-state index contributed by atoms with van der Waals surface area (Å²) in [6, 6.07) is 1.88. The molecule has 1 aromatic rings. The smallest absolute Gasteiger partial charge is 0.348 e. The van der Waals surface area contributed by atoms with Crippen LogP contribution in [0.4, 0.5) is 5.69 Å². The van der Waals surface area contributed by atoms with Gasteiger partial charge in [0.2, 0.25) is 0 Å². The number of carboxylic acids is 1. The van der Waals surface area contributed by atoms with Gasteiger partial charge >= 0.3 is 5.97 Å². The molecule has 0 unspecified atom stereocenters. The molecule has 3 N–H and O–H groups in total. The number of rotatable bonds is 3. The van der Waals surface area contributed by atoms with E-state index < -0.39 is 5.97 Å². The molecule has 0 spiro atoms. The zero-order valence-electron chi connectivity index (χ0n) is 9.45. The summed E-state index contributed by atoms with van der Waals surface area (Å²) < 4.78 is 0. The normalized spacial score (nSPS) is 18.8. The second-order valence-corrected chi connectivity index (χ2v) is 5.59. The molecule has 88 valence electrons. The van der Waals surface area contributed by atoms with Crippen LogP contribution in [0, 0.1) is 0 Å². The topological polar surface area (TPSA) is 63.3 Å². The molecule has 0 atom stereocenters. The fourth-order valence-electron chi connectivity index (χ4n) is 2.66. The van der Waals surface area contributed by atoms with Crippen LogP contribution in [0.15, 0.2) is 6.07 Å². The van der Waals surface area contributed by atoms with Crippen molar-refractivity contribution in [2.45, 2.75) is 44.4 Å². The third kappa shape index (κ3) is 1.71. The van der Waals surface area contributed by atoms with Gasteiger partial charge in [-0.05, 0) is 25.3 Å². The van der Waals surface area contributed by atoms with Crippen molar-refractivity contribution in [3.8, 4) is 0 Å². The monoisotopic (exact) mass is 239 g/mol. The Morgan fingerprint density at radius 2 is 2.19 bits per heavy atom. The molecule has 1 aliphatic rings. The predicted molar refractivity (Wildman–Crippen MR) is 66.1 cm³/mol. The fraction of sp³-hybridized carbons (Fsp3) is 0.583. The molecule has 3 nitrogen and oxygen atoms in total. The van der Waals surface area contributed by atoms with Gasteiger partial charge in [-0.15, -0.1) is 11.3 Å². The van der Waals surface area contributed by atoms with Gasteiger partial charge < -0.3 is 10.8 Å². The molecule has 16 heavy (non-hydrogen) atoms. The maximum atomic E-state index is 11.0. The fourth-order valence-corrected chi connectivity index (χ4v) is 3.89. The lowest BCUT2D eigenvalue weighted by Gasteiger charge is -2.25. The molecule has 0 radical (unpaired) electrons. The average molecular weight is 239 g/mol. The van der Waals surface area contributed by atoms with E-state index in [2.05, 4.69) is 6.92 Å². The largest absolute Gasteiger partial charge is 0.477 e. The van der Waals surface area contributed by atoms with E-state index in [4.69, 9.17) is 10.8 Å². The molecule has 0 aliphatic heterocycles. The highest BCUT2D eigenvalue weighted by Crippen LogP contribution is 2.47. The summed E-state index contributed by atoms with van der Waals surface area (Å²) in [6.07, 6.45) is 5.90. The van der Waals surface area contributed by atoms with Crippen molar-refractivity contribution >= 4 is 23.0 Å². The highest BCUT2D eigenvalue weighted by atomic mass is 32.1. The van der Waals surface area contributed by atoms with Crippen molar-refractivity contribution < 1.29 is 9.90 Å². The van der Waals surface area contributed by atoms with E-state index in [0.717, 1.165) is 6.42 Å².